The van der Waals surface area contributed by atoms with Gasteiger partial charge in [-0.1, -0.05) is 91.0 Å². The van der Waals surface area contributed by atoms with Crippen LogP contribution in [0.1, 0.15) is 16.7 Å². The first-order valence-electron chi connectivity index (χ1n) is 13.7. The second-order valence-electron chi connectivity index (χ2n) is 10.5. The quantitative estimate of drug-likeness (QED) is 0.163. The van der Waals surface area contributed by atoms with Crippen LogP contribution in [0, 0.1) is 0 Å². The van der Waals surface area contributed by atoms with Crippen molar-refractivity contribution in [2.75, 3.05) is 13.2 Å². The summed E-state index contributed by atoms with van der Waals surface area (Å²) in [7, 11) is 0. The first kappa shape index (κ1) is 30.7. The van der Waals surface area contributed by atoms with E-state index < -0.39 is 73.6 Å². The molecule has 11 heteroatoms. The van der Waals surface area contributed by atoms with Crippen LogP contribution in [0.15, 0.2) is 91.0 Å². The Bertz CT molecular complexity index is 1150. The summed E-state index contributed by atoms with van der Waals surface area (Å²) in [6.07, 6.45) is -15.6. The maximum Gasteiger partial charge on any atom is 0.186 e. The fourth-order valence-electron chi connectivity index (χ4n) is 5.43. The lowest BCUT2D eigenvalue weighted by Crippen LogP contribution is -2.61. The van der Waals surface area contributed by atoms with E-state index >= 15 is 0 Å². The molecule has 0 spiro atoms. The lowest BCUT2D eigenvalue weighted by atomic mass is 9.80. The van der Waals surface area contributed by atoms with Crippen molar-refractivity contribution in [2.24, 2.45) is 0 Å². The highest BCUT2D eigenvalue weighted by Crippen LogP contribution is 2.41. The van der Waals surface area contributed by atoms with Crippen molar-refractivity contribution in [3.63, 3.8) is 0 Å². The first-order valence-corrected chi connectivity index (χ1v) is 13.7. The van der Waals surface area contributed by atoms with Crippen molar-refractivity contribution in [1.29, 1.82) is 0 Å². The summed E-state index contributed by atoms with van der Waals surface area (Å²) in [4.78, 5) is 0. The number of hydrogen-bond acceptors (Lipinski definition) is 11. The van der Waals surface area contributed by atoms with E-state index in [2.05, 4.69) is 0 Å². The van der Waals surface area contributed by atoms with Crippen LogP contribution in [0.4, 0.5) is 0 Å². The fraction of sp³-hybridized carbons (Fsp3) is 0.419. The van der Waals surface area contributed by atoms with E-state index in [9.17, 15) is 35.7 Å². The van der Waals surface area contributed by atoms with Gasteiger partial charge in [0, 0.05) is 0 Å². The minimum atomic E-state index is -1.77. The Morgan fingerprint density at radius 2 is 0.929 bits per heavy atom. The molecule has 0 saturated carbocycles. The Morgan fingerprint density at radius 3 is 1.40 bits per heavy atom. The van der Waals surface area contributed by atoms with Gasteiger partial charge in [0.05, 0.1) is 13.2 Å². The summed E-state index contributed by atoms with van der Waals surface area (Å²) < 4.78 is 23.3. The summed E-state index contributed by atoms with van der Waals surface area (Å²) in [6.45, 7) is -0.724. The molecular formula is C31H36O11. The van der Waals surface area contributed by atoms with E-state index in [0.29, 0.717) is 0 Å². The van der Waals surface area contributed by atoms with Crippen LogP contribution in [0.2, 0.25) is 0 Å². The van der Waals surface area contributed by atoms with E-state index in [1.165, 1.54) is 0 Å². The molecule has 2 fully saturated rings. The lowest BCUT2D eigenvalue weighted by molar-refractivity contribution is -0.328. The molecule has 0 bridgehead atoms. The van der Waals surface area contributed by atoms with Gasteiger partial charge >= 0.3 is 0 Å². The third kappa shape index (κ3) is 6.00. The van der Waals surface area contributed by atoms with Crippen LogP contribution in [0.25, 0.3) is 0 Å². The van der Waals surface area contributed by atoms with Gasteiger partial charge in [0.2, 0.25) is 0 Å². The van der Waals surface area contributed by atoms with Crippen LogP contribution < -0.4 is 0 Å². The lowest BCUT2D eigenvalue weighted by Gasteiger charge is -2.43. The van der Waals surface area contributed by atoms with Gasteiger partial charge in [0.15, 0.2) is 12.6 Å². The van der Waals surface area contributed by atoms with E-state index in [-0.39, 0.29) is 6.61 Å². The Hall–Kier alpha value is -2.78. The molecule has 3 aromatic carbocycles. The van der Waals surface area contributed by atoms with Crippen LogP contribution in [-0.4, -0.2) is 110 Å². The maximum absolute atomic E-state index is 10.9. The Kier molecular flexibility index (Phi) is 9.67. The highest BCUT2D eigenvalue weighted by atomic mass is 16.7. The summed E-state index contributed by atoms with van der Waals surface area (Å²) in [5.41, 5.74) is 1.29. The number of benzene rings is 3. The number of aliphatic hydroxyl groups excluding tert-OH is 7. The molecule has 2 saturated heterocycles. The van der Waals surface area contributed by atoms with Crippen LogP contribution >= 0.6 is 0 Å². The predicted molar refractivity (Wildman–Crippen MR) is 147 cm³/mol. The third-order valence-electron chi connectivity index (χ3n) is 7.79. The maximum atomic E-state index is 10.9. The van der Waals surface area contributed by atoms with Crippen molar-refractivity contribution in [1.82, 2.24) is 0 Å². The zero-order valence-corrected chi connectivity index (χ0v) is 22.6. The number of hydrogen-bond donors (Lipinski definition) is 7. The van der Waals surface area contributed by atoms with Gasteiger partial charge in [-0.25, -0.2) is 0 Å². The molecule has 0 amide bonds. The fourth-order valence-corrected chi connectivity index (χ4v) is 5.43. The molecule has 3 aromatic rings. The van der Waals surface area contributed by atoms with Crippen LogP contribution in [0.5, 0.6) is 0 Å². The van der Waals surface area contributed by atoms with Gasteiger partial charge in [-0.3, -0.25) is 0 Å². The van der Waals surface area contributed by atoms with Gasteiger partial charge in [-0.2, -0.15) is 0 Å². The Morgan fingerprint density at radius 1 is 0.500 bits per heavy atom. The summed E-state index contributed by atoms with van der Waals surface area (Å²) in [5, 5.41) is 71.8. The SMILES string of the molecule is O[C@@H]1[C@@H](O)[C@@H](O)O[C@H](CO[C@H]2O[C@H](COC(c3ccccc3)(c3ccccc3)c3ccccc3)[C@@H](O)[C@H](O)[C@H]2O)[C@H]1O. The average molecular weight is 585 g/mol. The Labute approximate surface area is 242 Å². The number of ether oxygens (including phenoxy) is 4. The van der Waals surface area contributed by atoms with Crippen molar-refractivity contribution in [3.8, 4) is 0 Å². The normalized spacial score (nSPS) is 33.8. The van der Waals surface area contributed by atoms with E-state index in [1.54, 1.807) is 0 Å². The average Bonchev–Trinajstić information content (AvgIpc) is 3.03. The molecule has 226 valence electrons. The molecule has 7 N–H and O–H groups in total. The molecule has 0 radical (unpaired) electrons. The van der Waals surface area contributed by atoms with E-state index in [0.717, 1.165) is 16.7 Å². The smallest absolute Gasteiger partial charge is 0.186 e. The summed E-state index contributed by atoms with van der Waals surface area (Å²) in [6, 6.07) is 28.6. The van der Waals surface area contributed by atoms with Crippen molar-refractivity contribution < 1.29 is 54.7 Å². The monoisotopic (exact) mass is 584 g/mol. The molecule has 2 heterocycles. The van der Waals surface area contributed by atoms with Gasteiger partial charge in [0.1, 0.15) is 54.4 Å². The molecule has 5 rings (SSSR count). The number of rotatable bonds is 9. The van der Waals surface area contributed by atoms with Crippen molar-refractivity contribution in [3.05, 3.63) is 108 Å². The molecule has 0 aliphatic carbocycles. The molecule has 11 nitrogen and oxygen atoms in total. The number of aliphatic hydroxyl groups is 7. The largest absolute Gasteiger partial charge is 0.387 e. The Balaban J connectivity index is 1.39. The zero-order valence-electron chi connectivity index (χ0n) is 22.6. The predicted octanol–water partition coefficient (Wildman–Crippen LogP) is -0.381. The molecule has 10 atom stereocenters. The molecule has 0 aromatic heterocycles. The highest BCUT2D eigenvalue weighted by molar-refractivity contribution is 5.47. The molecular weight excluding hydrogens is 548 g/mol. The summed E-state index contributed by atoms with van der Waals surface area (Å²) >= 11 is 0. The topological polar surface area (TPSA) is 179 Å². The van der Waals surface area contributed by atoms with Crippen molar-refractivity contribution >= 4 is 0 Å². The zero-order chi connectivity index (χ0) is 29.9. The first-order chi connectivity index (χ1) is 20.2. The van der Waals surface area contributed by atoms with Gasteiger partial charge in [-0.15, -0.1) is 0 Å². The van der Waals surface area contributed by atoms with Crippen LogP contribution in [-0.2, 0) is 24.5 Å². The summed E-state index contributed by atoms with van der Waals surface area (Å²) in [5.74, 6) is 0. The van der Waals surface area contributed by atoms with E-state index in [4.69, 9.17) is 18.9 Å². The van der Waals surface area contributed by atoms with Gasteiger partial charge < -0.3 is 54.7 Å². The van der Waals surface area contributed by atoms with Gasteiger partial charge in [0.25, 0.3) is 0 Å². The second kappa shape index (κ2) is 13.2. The minimum absolute atomic E-state index is 0.240. The molecule has 42 heavy (non-hydrogen) atoms. The third-order valence-corrected chi connectivity index (χ3v) is 7.79. The minimum Gasteiger partial charge on any atom is -0.387 e. The van der Waals surface area contributed by atoms with Crippen LogP contribution in [0.3, 0.4) is 0 Å². The standard InChI is InChI=1S/C31H36O11/c32-23-21(41-29(38)27(36)25(23)34)16-39-30-28(37)26(35)24(33)22(42-30)17-40-31(18-10-4-1-5-11-18,19-12-6-2-7-13-19)20-14-8-3-9-15-20/h1-15,21-30,32-38H,16-17H2/t21-,22-,23-,24-,25+,26+,27-,28-,29+,30+/m1/s1. The molecule has 2 aliphatic heterocycles. The van der Waals surface area contributed by atoms with Crippen molar-refractivity contribution in [2.45, 2.75) is 67.0 Å². The second-order valence-corrected chi connectivity index (χ2v) is 10.5. The van der Waals surface area contributed by atoms with E-state index in [1.807, 2.05) is 91.0 Å². The highest BCUT2D eigenvalue weighted by Gasteiger charge is 2.48. The van der Waals surface area contributed by atoms with Gasteiger partial charge in [-0.05, 0) is 16.7 Å². The molecule has 0 unspecified atom stereocenters. The molecule has 2 aliphatic rings.